The van der Waals surface area contributed by atoms with Crippen molar-refractivity contribution in [3.8, 4) is 0 Å². The molecule has 0 unspecified atom stereocenters. The number of piperidine rings is 1. The normalized spacial score (nSPS) is 25.0. The Balaban J connectivity index is 1.65. The van der Waals surface area contributed by atoms with Gasteiger partial charge < -0.3 is 9.80 Å². The van der Waals surface area contributed by atoms with E-state index in [9.17, 15) is 14.0 Å². The molecule has 2 heterocycles. The van der Waals surface area contributed by atoms with Gasteiger partial charge in [0.25, 0.3) is 0 Å². The molecule has 0 aromatic heterocycles. The Morgan fingerprint density at radius 3 is 2.65 bits per heavy atom. The smallest absolute Gasteiger partial charge is 0.226 e. The molecule has 124 valence electrons. The average Bonchev–Trinajstić information content (AvgIpc) is 2.99. The average molecular weight is 318 g/mol. The van der Waals surface area contributed by atoms with E-state index in [1.54, 1.807) is 24.1 Å². The minimum absolute atomic E-state index is 0.0591. The van der Waals surface area contributed by atoms with Crippen molar-refractivity contribution >= 4 is 11.8 Å². The summed E-state index contributed by atoms with van der Waals surface area (Å²) in [5, 5.41) is 0. The zero-order valence-corrected chi connectivity index (χ0v) is 13.5. The summed E-state index contributed by atoms with van der Waals surface area (Å²) in [5.41, 5.74) is 1.05. The molecule has 23 heavy (non-hydrogen) atoms. The van der Waals surface area contributed by atoms with Gasteiger partial charge in [-0.25, -0.2) is 4.39 Å². The van der Waals surface area contributed by atoms with E-state index in [2.05, 4.69) is 0 Å². The van der Waals surface area contributed by atoms with Crippen LogP contribution < -0.4 is 0 Å². The molecule has 2 atom stereocenters. The van der Waals surface area contributed by atoms with Crippen LogP contribution in [0.2, 0.25) is 0 Å². The zero-order valence-electron chi connectivity index (χ0n) is 13.5. The van der Waals surface area contributed by atoms with Gasteiger partial charge in [-0.05, 0) is 43.4 Å². The highest BCUT2D eigenvalue weighted by molar-refractivity contribution is 5.87. The lowest BCUT2D eigenvalue weighted by atomic mass is 9.94. The molecular formula is C18H23FN2O2. The van der Waals surface area contributed by atoms with Gasteiger partial charge in [-0.2, -0.15) is 0 Å². The predicted octanol–water partition coefficient (Wildman–Crippen LogP) is 2.23. The lowest BCUT2D eigenvalue weighted by molar-refractivity contribution is -0.144. The Morgan fingerprint density at radius 1 is 1.22 bits per heavy atom. The van der Waals surface area contributed by atoms with Crippen molar-refractivity contribution in [3.05, 3.63) is 35.6 Å². The molecule has 0 N–H and O–H groups in total. The summed E-state index contributed by atoms with van der Waals surface area (Å²) in [6, 6.07) is 6.67. The molecule has 2 fully saturated rings. The molecule has 0 spiro atoms. The molecule has 0 aliphatic carbocycles. The SMILES string of the molecule is CN1CC[C@H](C(=O)N2CCC[C@@H]2Cc2ccc(F)cc2)CC1=O. The van der Waals surface area contributed by atoms with Crippen molar-refractivity contribution in [2.75, 3.05) is 20.1 Å². The van der Waals surface area contributed by atoms with Crippen LogP contribution in [-0.2, 0) is 16.0 Å². The van der Waals surface area contributed by atoms with E-state index in [1.165, 1.54) is 12.1 Å². The minimum Gasteiger partial charge on any atom is -0.346 e. The first kappa shape index (κ1) is 16.0. The molecule has 2 aliphatic rings. The number of benzene rings is 1. The molecule has 0 bridgehead atoms. The molecule has 5 heteroatoms. The van der Waals surface area contributed by atoms with Crippen LogP contribution in [-0.4, -0.2) is 47.8 Å². The summed E-state index contributed by atoms with van der Waals surface area (Å²) in [5.74, 6) is -0.231. The van der Waals surface area contributed by atoms with Crippen molar-refractivity contribution in [1.29, 1.82) is 0 Å². The standard InChI is InChI=1S/C18H23FN2O2/c1-20-10-8-14(12-17(20)22)18(23)21-9-2-3-16(21)11-13-4-6-15(19)7-5-13/h4-7,14,16H,2-3,8-12H2,1H3/t14-,16+/m0/s1. The largest absolute Gasteiger partial charge is 0.346 e. The number of amides is 2. The summed E-state index contributed by atoms with van der Waals surface area (Å²) in [4.78, 5) is 28.3. The fourth-order valence-corrected chi connectivity index (χ4v) is 3.62. The maximum Gasteiger partial charge on any atom is 0.226 e. The molecule has 1 aromatic rings. The van der Waals surface area contributed by atoms with E-state index in [1.807, 2.05) is 4.90 Å². The lowest BCUT2D eigenvalue weighted by Crippen LogP contribution is -2.45. The summed E-state index contributed by atoms with van der Waals surface area (Å²) in [6.45, 7) is 1.43. The maximum atomic E-state index is 13.0. The van der Waals surface area contributed by atoms with Crippen LogP contribution in [0.1, 0.15) is 31.2 Å². The third kappa shape index (κ3) is 3.54. The molecule has 1 aromatic carbocycles. The van der Waals surface area contributed by atoms with Gasteiger partial charge in [0.05, 0.1) is 0 Å². The van der Waals surface area contributed by atoms with Gasteiger partial charge in [0, 0.05) is 38.5 Å². The van der Waals surface area contributed by atoms with Gasteiger partial charge in [-0.15, -0.1) is 0 Å². The van der Waals surface area contributed by atoms with E-state index in [-0.39, 0.29) is 29.6 Å². The summed E-state index contributed by atoms with van der Waals surface area (Å²) < 4.78 is 13.0. The molecule has 2 amide bonds. The zero-order chi connectivity index (χ0) is 16.4. The van der Waals surface area contributed by atoms with E-state index in [4.69, 9.17) is 0 Å². The van der Waals surface area contributed by atoms with Crippen molar-refractivity contribution in [2.24, 2.45) is 5.92 Å². The number of hydrogen-bond acceptors (Lipinski definition) is 2. The van der Waals surface area contributed by atoms with E-state index in [0.29, 0.717) is 13.0 Å². The van der Waals surface area contributed by atoms with Gasteiger partial charge >= 0.3 is 0 Å². The fourth-order valence-electron chi connectivity index (χ4n) is 3.62. The quantitative estimate of drug-likeness (QED) is 0.857. The van der Waals surface area contributed by atoms with Crippen LogP contribution in [0, 0.1) is 11.7 Å². The lowest BCUT2D eigenvalue weighted by Gasteiger charge is -2.33. The number of nitrogens with zero attached hydrogens (tertiary/aromatic N) is 2. The number of rotatable bonds is 3. The second kappa shape index (κ2) is 6.69. The van der Waals surface area contributed by atoms with Crippen LogP contribution in [0.5, 0.6) is 0 Å². The van der Waals surface area contributed by atoms with Gasteiger partial charge in [0.15, 0.2) is 0 Å². The van der Waals surface area contributed by atoms with E-state index < -0.39 is 0 Å². The Morgan fingerprint density at radius 2 is 1.96 bits per heavy atom. The monoisotopic (exact) mass is 318 g/mol. The maximum absolute atomic E-state index is 13.0. The highest BCUT2D eigenvalue weighted by Gasteiger charge is 2.36. The minimum atomic E-state index is -0.238. The molecule has 4 nitrogen and oxygen atoms in total. The van der Waals surface area contributed by atoms with Gasteiger partial charge in [-0.1, -0.05) is 12.1 Å². The van der Waals surface area contributed by atoms with Crippen molar-refractivity contribution in [1.82, 2.24) is 9.80 Å². The Kier molecular flexibility index (Phi) is 4.64. The Labute approximate surface area is 136 Å². The summed E-state index contributed by atoms with van der Waals surface area (Å²) in [7, 11) is 1.79. The van der Waals surface area contributed by atoms with Gasteiger partial charge in [-0.3, -0.25) is 9.59 Å². The van der Waals surface area contributed by atoms with Crippen molar-refractivity contribution in [2.45, 2.75) is 38.1 Å². The highest BCUT2D eigenvalue weighted by Crippen LogP contribution is 2.27. The summed E-state index contributed by atoms with van der Waals surface area (Å²) >= 11 is 0. The number of carbonyl (C=O) groups excluding carboxylic acids is 2. The Bertz CT molecular complexity index is 587. The van der Waals surface area contributed by atoms with Crippen molar-refractivity contribution < 1.29 is 14.0 Å². The number of hydrogen-bond donors (Lipinski definition) is 0. The number of likely N-dealkylation sites (tertiary alicyclic amines) is 2. The van der Waals surface area contributed by atoms with Crippen LogP contribution in [0.4, 0.5) is 4.39 Å². The predicted molar refractivity (Wildman–Crippen MR) is 85.2 cm³/mol. The molecule has 2 saturated heterocycles. The number of carbonyl (C=O) groups is 2. The van der Waals surface area contributed by atoms with E-state index >= 15 is 0 Å². The molecule has 2 aliphatic heterocycles. The first-order chi connectivity index (χ1) is 11.0. The van der Waals surface area contributed by atoms with Crippen LogP contribution >= 0.6 is 0 Å². The van der Waals surface area contributed by atoms with Crippen molar-refractivity contribution in [3.63, 3.8) is 0 Å². The summed E-state index contributed by atoms with van der Waals surface area (Å²) in [6.07, 6.45) is 3.81. The molecule has 0 saturated carbocycles. The Hall–Kier alpha value is -1.91. The fraction of sp³-hybridized carbons (Fsp3) is 0.556. The first-order valence-corrected chi connectivity index (χ1v) is 8.33. The molecule has 0 radical (unpaired) electrons. The van der Waals surface area contributed by atoms with Gasteiger partial charge in [0.2, 0.25) is 11.8 Å². The van der Waals surface area contributed by atoms with Crippen LogP contribution in [0.3, 0.4) is 0 Å². The third-order valence-electron chi connectivity index (χ3n) is 5.05. The highest BCUT2D eigenvalue weighted by atomic mass is 19.1. The first-order valence-electron chi connectivity index (χ1n) is 8.33. The van der Waals surface area contributed by atoms with Crippen LogP contribution in [0.15, 0.2) is 24.3 Å². The second-order valence-corrected chi connectivity index (χ2v) is 6.66. The van der Waals surface area contributed by atoms with Crippen LogP contribution in [0.25, 0.3) is 0 Å². The topological polar surface area (TPSA) is 40.6 Å². The number of halogens is 1. The van der Waals surface area contributed by atoms with Gasteiger partial charge in [0.1, 0.15) is 5.82 Å². The molecular weight excluding hydrogens is 295 g/mol. The second-order valence-electron chi connectivity index (χ2n) is 6.66. The van der Waals surface area contributed by atoms with E-state index in [0.717, 1.165) is 37.8 Å². The third-order valence-corrected chi connectivity index (χ3v) is 5.05. The molecule has 3 rings (SSSR count).